The van der Waals surface area contributed by atoms with Crippen molar-refractivity contribution in [3.05, 3.63) is 38.7 Å². The average Bonchev–Trinajstić information content (AvgIpc) is 3.03. The summed E-state index contributed by atoms with van der Waals surface area (Å²) in [5.74, 6) is 0.875. The van der Waals surface area contributed by atoms with E-state index in [1.54, 1.807) is 11.6 Å². The van der Waals surface area contributed by atoms with Gasteiger partial charge in [-0.2, -0.15) is 9.38 Å². The Bertz CT molecular complexity index is 799. The molecule has 0 aliphatic rings. The fraction of sp³-hybridized carbons (Fsp3) is 0.333. The van der Waals surface area contributed by atoms with E-state index in [9.17, 15) is 10.1 Å². The smallest absolute Gasteiger partial charge is 0.361 e. The molecule has 8 nitrogen and oxygen atoms in total. The van der Waals surface area contributed by atoms with Gasteiger partial charge < -0.3 is 20.0 Å². The van der Waals surface area contributed by atoms with E-state index in [0.29, 0.717) is 10.7 Å². The maximum atomic E-state index is 11.3. The van der Waals surface area contributed by atoms with Gasteiger partial charge in [-0.3, -0.25) is 0 Å². The van der Waals surface area contributed by atoms with E-state index in [-0.39, 0.29) is 17.7 Å². The van der Waals surface area contributed by atoms with E-state index in [0.717, 1.165) is 11.3 Å². The van der Waals surface area contributed by atoms with Gasteiger partial charge in [-0.25, -0.2) is 0 Å². The Morgan fingerprint density at radius 3 is 2.90 bits per heavy atom. The van der Waals surface area contributed by atoms with E-state index in [1.165, 1.54) is 15.7 Å². The second-order valence-corrected chi connectivity index (χ2v) is 5.57. The first-order valence-corrected chi connectivity index (χ1v) is 7.16. The van der Waals surface area contributed by atoms with Crippen molar-refractivity contribution >= 4 is 27.9 Å². The van der Waals surface area contributed by atoms with E-state index in [4.69, 9.17) is 4.52 Å². The molecule has 3 aromatic rings. The number of fused-ring (bicyclic) bond motifs is 1. The van der Waals surface area contributed by atoms with Gasteiger partial charge in [-0.05, 0) is 25.7 Å². The van der Waals surface area contributed by atoms with Crippen LogP contribution in [0.5, 0.6) is 0 Å². The number of hydrogen-bond acceptors (Lipinski definition) is 7. The Hall–Kier alpha value is -2.42. The van der Waals surface area contributed by atoms with Crippen LogP contribution in [0.15, 0.2) is 16.1 Å². The normalized spacial score (nSPS) is 12.7. The molecule has 0 fully saturated rings. The standard InChI is InChI=1S/C12H13N5O3S/c1-6(9-7(2)15-20-8(9)3)13-10-11(17(18)19)16-4-5-21-12(16)14-10/h4-6,13H,1-3H3. The van der Waals surface area contributed by atoms with Crippen LogP contribution in [-0.4, -0.2) is 19.5 Å². The number of thiazole rings is 1. The molecule has 9 heteroatoms. The zero-order chi connectivity index (χ0) is 15.1. The first-order chi connectivity index (χ1) is 9.99. The zero-order valence-corrected chi connectivity index (χ0v) is 12.5. The highest BCUT2D eigenvalue weighted by Crippen LogP contribution is 2.32. The van der Waals surface area contributed by atoms with Crippen LogP contribution >= 0.6 is 11.3 Å². The molecule has 1 N–H and O–H groups in total. The number of nitro groups is 1. The summed E-state index contributed by atoms with van der Waals surface area (Å²) in [6.45, 7) is 5.54. The average molecular weight is 307 g/mol. The molecule has 0 aliphatic heterocycles. The van der Waals surface area contributed by atoms with Gasteiger partial charge in [0, 0.05) is 10.9 Å². The fourth-order valence-corrected chi connectivity index (χ4v) is 3.14. The van der Waals surface area contributed by atoms with Crippen molar-refractivity contribution in [2.75, 3.05) is 5.32 Å². The molecule has 110 valence electrons. The lowest BCUT2D eigenvalue weighted by Crippen LogP contribution is -2.10. The maximum absolute atomic E-state index is 11.3. The Balaban J connectivity index is 2.00. The quantitative estimate of drug-likeness (QED) is 0.587. The molecule has 3 heterocycles. The second kappa shape index (κ2) is 4.85. The predicted octanol–water partition coefficient (Wildman–Crippen LogP) is 3.08. The molecular weight excluding hydrogens is 294 g/mol. The van der Waals surface area contributed by atoms with Gasteiger partial charge in [-0.1, -0.05) is 16.5 Å². The van der Waals surface area contributed by atoms with Gasteiger partial charge in [-0.15, -0.1) is 0 Å². The molecule has 0 aliphatic carbocycles. The van der Waals surface area contributed by atoms with E-state index in [2.05, 4.69) is 15.5 Å². The minimum Gasteiger partial charge on any atom is -0.361 e. The summed E-state index contributed by atoms with van der Waals surface area (Å²) in [5.41, 5.74) is 1.65. The number of imidazole rings is 1. The van der Waals surface area contributed by atoms with Crippen LogP contribution in [0.3, 0.4) is 0 Å². The monoisotopic (exact) mass is 307 g/mol. The van der Waals surface area contributed by atoms with Crippen LogP contribution < -0.4 is 5.32 Å². The number of rotatable bonds is 4. The van der Waals surface area contributed by atoms with Crippen LogP contribution in [0.2, 0.25) is 0 Å². The highest BCUT2D eigenvalue weighted by atomic mass is 32.1. The molecule has 3 rings (SSSR count). The molecule has 0 amide bonds. The Morgan fingerprint density at radius 2 is 2.29 bits per heavy atom. The molecule has 0 radical (unpaired) electrons. The van der Waals surface area contributed by atoms with Crippen LogP contribution in [0.4, 0.5) is 11.6 Å². The summed E-state index contributed by atoms with van der Waals surface area (Å²) >= 11 is 1.35. The minimum absolute atomic E-state index is 0.0649. The molecule has 0 bridgehead atoms. The molecular formula is C12H13N5O3S. The van der Waals surface area contributed by atoms with Crippen molar-refractivity contribution in [2.24, 2.45) is 0 Å². The number of nitrogens with one attached hydrogen (secondary N) is 1. The first-order valence-electron chi connectivity index (χ1n) is 6.28. The lowest BCUT2D eigenvalue weighted by Gasteiger charge is -2.12. The molecule has 0 saturated heterocycles. The lowest BCUT2D eigenvalue weighted by molar-refractivity contribution is -0.389. The van der Waals surface area contributed by atoms with Crippen LogP contribution in [0, 0.1) is 24.0 Å². The van der Waals surface area contributed by atoms with Gasteiger partial charge in [0.15, 0.2) is 0 Å². The summed E-state index contributed by atoms with van der Waals surface area (Å²) in [7, 11) is 0. The van der Waals surface area contributed by atoms with Gasteiger partial charge >= 0.3 is 5.82 Å². The molecule has 1 unspecified atom stereocenters. The van der Waals surface area contributed by atoms with Gasteiger partial charge in [0.2, 0.25) is 5.82 Å². The Kier molecular flexibility index (Phi) is 3.13. The largest absolute Gasteiger partial charge is 0.372 e. The van der Waals surface area contributed by atoms with Crippen LogP contribution in [0.1, 0.15) is 30.0 Å². The van der Waals surface area contributed by atoms with Crippen molar-refractivity contribution < 1.29 is 9.45 Å². The maximum Gasteiger partial charge on any atom is 0.372 e. The third-order valence-electron chi connectivity index (χ3n) is 3.28. The van der Waals surface area contributed by atoms with Gasteiger partial charge in [0.1, 0.15) is 12.0 Å². The van der Waals surface area contributed by atoms with Gasteiger partial charge in [0.25, 0.3) is 4.96 Å². The number of anilines is 1. The summed E-state index contributed by atoms with van der Waals surface area (Å²) in [4.78, 5) is 15.7. The Morgan fingerprint density at radius 1 is 1.52 bits per heavy atom. The SMILES string of the molecule is Cc1noc(C)c1C(C)Nc1nc2sccn2c1[N+](=O)[O-]. The van der Waals surface area contributed by atoms with Crippen LogP contribution in [-0.2, 0) is 0 Å². The van der Waals surface area contributed by atoms with E-state index < -0.39 is 4.92 Å². The molecule has 1 atom stereocenters. The number of nitrogens with zero attached hydrogens (tertiary/aromatic N) is 4. The number of aromatic nitrogens is 3. The fourth-order valence-electron chi connectivity index (χ4n) is 2.43. The number of hydrogen-bond donors (Lipinski definition) is 1. The van der Waals surface area contributed by atoms with Crippen molar-refractivity contribution in [1.82, 2.24) is 14.5 Å². The van der Waals surface area contributed by atoms with Crippen LogP contribution in [0.25, 0.3) is 4.96 Å². The van der Waals surface area contributed by atoms with E-state index in [1.807, 2.05) is 20.8 Å². The lowest BCUT2D eigenvalue weighted by atomic mass is 10.1. The summed E-state index contributed by atoms with van der Waals surface area (Å²) in [6, 6.07) is -0.195. The predicted molar refractivity (Wildman–Crippen MR) is 77.7 cm³/mol. The third kappa shape index (κ3) is 2.15. The summed E-state index contributed by atoms with van der Waals surface area (Å²) < 4.78 is 6.59. The van der Waals surface area contributed by atoms with Crippen molar-refractivity contribution in [3.63, 3.8) is 0 Å². The van der Waals surface area contributed by atoms with Crippen molar-refractivity contribution in [3.8, 4) is 0 Å². The Labute approximate surface area is 123 Å². The third-order valence-corrected chi connectivity index (χ3v) is 4.04. The molecule has 21 heavy (non-hydrogen) atoms. The first kappa shape index (κ1) is 13.6. The highest BCUT2D eigenvalue weighted by Gasteiger charge is 2.26. The second-order valence-electron chi connectivity index (χ2n) is 4.70. The zero-order valence-electron chi connectivity index (χ0n) is 11.7. The molecule has 0 saturated carbocycles. The van der Waals surface area contributed by atoms with E-state index >= 15 is 0 Å². The van der Waals surface area contributed by atoms with Crippen molar-refractivity contribution in [1.29, 1.82) is 0 Å². The molecule has 3 aromatic heterocycles. The molecule has 0 aromatic carbocycles. The summed E-state index contributed by atoms with van der Waals surface area (Å²) in [5, 5.41) is 20.0. The number of aryl methyl sites for hydroxylation is 2. The van der Waals surface area contributed by atoms with Crippen molar-refractivity contribution in [2.45, 2.75) is 26.8 Å². The summed E-state index contributed by atoms with van der Waals surface area (Å²) in [6.07, 6.45) is 1.64. The molecule has 0 spiro atoms. The highest BCUT2D eigenvalue weighted by molar-refractivity contribution is 7.15. The minimum atomic E-state index is -0.435. The topological polar surface area (TPSA) is 98.5 Å². The van der Waals surface area contributed by atoms with Gasteiger partial charge in [0.05, 0.1) is 11.7 Å².